The molecule has 0 radical (unpaired) electrons. The summed E-state index contributed by atoms with van der Waals surface area (Å²) in [5, 5.41) is 34.5. The Morgan fingerprint density at radius 1 is 0.727 bits per heavy atom. The van der Waals surface area contributed by atoms with Crippen molar-refractivity contribution < 1.29 is 20.4 Å². The lowest BCUT2D eigenvalue weighted by molar-refractivity contribution is 0.253. The fourth-order valence-corrected chi connectivity index (χ4v) is 0.776. The molecular formula is C7H14O4. The number of aliphatic hydroxyl groups is 4. The van der Waals surface area contributed by atoms with Crippen molar-refractivity contribution in [2.75, 3.05) is 26.4 Å². The summed E-state index contributed by atoms with van der Waals surface area (Å²) >= 11 is 0. The van der Waals surface area contributed by atoms with Crippen LogP contribution in [-0.4, -0.2) is 46.9 Å². The van der Waals surface area contributed by atoms with Crippen molar-refractivity contribution in [2.24, 2.45) is 0 Å². The van der Waals surface area contributed by atoms with Crippen LogP contribution in [0.2, 0.25) is 0 Å². The van der Waals surface area contributed by atoms with E-state index in [1.165, 1.54) is 0 Å². The van der Waals surface area contributed by atoms with E-state index >= 15 is 0 Å². The zero-order valence-corrected chi connectivity index (χ0v) is 6.32. The predicted molar refractivity (Wildman–Crippen MR) is 40.0 cm³/mol. The zero-order valence-electron chi connectivity index (χ0n) is 6.32. The maximum atomic E-state index is 8.70. The average Bonchev–Trinajstić information content (AvgIpc) is 2.05. The number of hydrogen-bond acceptors (Lipinski definition) is 4. The van der Waals surface area contributed by atoms with Gasteiger partial charge < -0.3 is 20.4 Å². The summed E-state index contributed by atoms with van der Waals surface area (Å²) in [6.45, 7) is -0.852. The highest BCUT2D eigenvalue weighted by Crippen LogP contribution is 2.06. The van der Waals surface area contributed by atoms with Gasteiger partial charge in [-0.1, -0.05) is 0 Å². The molecule has 0 heterocycles. The molecule has 4 nitrogen and oxygen atoms in total. The molecule has 0 unspecified atom stereocenters. The molecule has 0 fully saturated rings. The van der Waals surface area contributed by atoms with E-state index in [2.05, 4.69) is 0 Å². The van der Waals surface area contributed by atoms with Crippen LogP contribution in [0.3, 0.4) is 0 Å². The van der Waals surface area contributed by atoms with Gasteiger partial charge in [0.1, 0.15) is 0 Å². The molecule has 0 rings (SSSR count). The monoisotopic (exact) mass is 162 g/mol. The molecule has 0 aliphatic heterocycles. The maximum absolute atomic E-state index is 8.70. The molecule has 0 aromatic rings. The summed E-state index contributed by atoms with van der Waals surface area (Å²) in [6.07, 6.45) is 0.299. The number of rotatable bonds is 5. The topological polar surface area (TPSA) is 80.9 Å². The molecule has 0 amide bonds. The smallest absolute Gasteiger partial charge is 0.0667 e. The summed E-state index contributed by atoms with van der Waals surface area (Å²) in [5.74, 6) is 0. The van der Waals surface area contributed by atoms with Gasteiger partial charge >= 0.3 is 0 Å². The Kier molecular flexibility index (Phi) is 6.06. The second kappa shape index (κ2) is 6.30. The minimum atomic E-state index is -0.271. The van der Waals surface area contributed by atoms with Crippen LogP contribution in [0.15, 0.2) is 11.1 Å². The van der Waals surface area contributed by atoms with Gasteiger partial charge in [-0.05, 0) is 17.6 Å². The van der Waals surface area contributed by atoms with E-state index in [1.54, 1.807) is 0 Å². The molecule has 4 heteroatoms. The van der Waals surface area contributed by atoms with E-state index in [0.29, 0.717) is 17.6 Å². The fourth-order valence-electron chi connectivity index (χ4n) is 0.776. The van der Waals surface area contributed by atoms with Crippen LogP contribution < -0.4 is 0 Å². The van der Waals surface area contributed by atoms with Gasteiger partial charge in [0.15, 0.2) is 0 Å². The van der Waals surface area contributed by atoms with E-state index in [-0.39, 0.29) is 26.4 Å². The Hall–Kier alpha value is -0.420. The van der Waals surface area contributed by atoms with Crippen LogP contribution in [-0.2, 0) is 0 Å². The standard InChI is InChI=1S/C7H14O4/c8-2-1-6(3-9)7(4-10)5-11/h8-11H,1-5H2. The van der Waals surface area contributed by atoms with Crippen LogP contribution >= 0.6 is 0 Å². The molecule has 0 aliphatic carbocycles. The first kappa shape index (κ1) is 10.6. The SMILES string of the molecule is OCCC(CO)=C(CO)CO. The molecule has 0 saturated heterocycles. The minimum absolute atomic E-state index is 0.0839. The van der Waals surface area contributed by atoms with Crippen molar-refractivity contribution in [3.8, 4) is 0 Å². The van der Waals surface area contributed by atoms with E-state index in [4.69, 9.17) is 20.4 Å². The molecule has 0 spiro atoms. The van der Waals surface area contributed by atoms with Crippen LogP contribution in [0.25, 0.3) is 0 Å². The lowest BCUT2D eigenvalue weighted by Gasteiger charge is -2.07. The Morgan fingerprint density at radius 3 is 1.45 bits per heavy atom. The van der Waals surface area contributed by atoms with Crippen molar-refractivity contribution >= 4 is 0 Å². The third-order valence-electron chi connectivity index (χ3n) is 1.49. The highest BCUT2D eigenvalue weighted by Gasteiger charge is 2.02. The molecule has 66 valence electrons. The second-order valence-corrected chi connectivity index (χ2v) is 2.16. The molecule has 0 aromatic carbocycles. The molecule has 0 aliphatic rings. The third kappa shape index (κ3) is 3.48. The van der Waals surface area contributed by atoms with Crippen LogP contribution in [0.4, 0.5) is 0 Å². The van der Waals surface area contributed by atoms with Gasteiger partial charge in [-0.2, -0.15) is 0 Å². The average molecular weight is 162 g/mol. The molecular weight excluding hydrogens is 148 g/mol. The van der Waals surface area contributed by atoms with Crippen molar-refractivity contribution in [1.82, 2.24) is 0 Å². The van der Waals surface area contributed by atoms with E-state index in [0.717, 1.165) is 0 Å². The van der Waals surface area contributed by atoms with Crippen LogP contribution in [0.5, 0.6) is 0 Å². The lowest BCUT2D eigenvalue weighted by Crippen LogP contribution is -2.06. The largest absolute Gasteiger partial charge is 0.396 e. The molecule has 0 aromatic heterocycles. The van der Waals surface area contributed by atoms with Crippen molar-refractivity contribution in [1.29, 1.82) is 0 Å². The summed E-state index contributed by atoms with van der Waals surface area (Å²) in [6, 6.07) is 0. The van der Waals surface area contributed by atoms with Gasteiger partial charge in [0.2, 0.25) is 0 Å². The normalized spacial score (nSPS) is 9.82. The summed E-state index contributed by atoms with van der Waals surface area (Å²) in [7, 11) is 0. The molecule has 0 bridgehead atoms. The number of hydrogen-bond donors (Lipinski definition) is 4. The van der Waals surface area contributed by atoms with Gasteiger partial charge in [0, 0.05) is 6.61 Å². The Bertz CT molecular complexity index is 124. The molecule has 4 N–H and O–H groups in total. The van der Waals surface area contributed by atoms with Gasteiger partial charge in [-0.15, -0.1) is 0 Å². The second-order valence-electron chi connectivity index (χ2n) is 2.16. The van der Waals surface area contributed by atoms with E-state index < -0.39 is 0 Å². The van der Waals surface area contributed by atoms with Gasteiger partial charge in [-0.25, -0.2) is 0 Å². The van der Waals surface area contributed by atoms with Gasteiger partial charge in [0.05, 0.1) is 19.8 Å². The van der Waals surface area contributed by atoms with Gasteiger partial charge in [0.25, 0.3) is 0 Å². The Morgan fingerprint density at radius 2 is 1.18 bits per heavy atom. The quantitative estimate of drug-likeness (QED) is 0.376. The van der Waals surface area contributed by atoms with Crippen molar-refractivity contribution in [3.63, 3.8) is 0 Å². The highest BCUT2D eigenvalue weighted by molar-refractivity contribution is 5.15. The van der Waals surface area contributed by atoms with Crippen molar-refractivity contribution in [3.05, 3.63) is 11.1 Å². The minimum Gasteiger partial charge on any atom is -0.396 e. The van der Waals surface area contributed by atoms with Crippen molar-refractivity contribution in [2.45, 2.75) is 6.42 Å². The fraction of sp³-hybridized carbons (Fsp3) is 0.714. The Labute approximate surface area is 65.4 Å². The van der Waals surface area contributed by atoms with Crippen LogP contribution in [0.1, 0.15) is 6.42 Å². The zero-order chi connectivity index (χ0) is 8.69. The molecule has 0 saturated carbocycles. The summed E-state index contributed by atoms with van der Waals surface area (Å²) in [5.41, 5.74) is 0.902. The number of aliphatic hydroxyl groups excluding tert-OH is 4. The molecule has 0 atom stereocenters. The highest BCUT2D eigenvalue weighted by atomic mass is 16.3. The first-order valence-electron chi connectivity index (χ1n) is 3.43. The van der Waals surface area contributed by atoms with E-state index in [9.17, 15) is 0 Å². The third-order valence-corrected chi connectivity index (χ3v) is 1.49. The summed E-state index contributed by atoms with van der Waals surface area (Å²) in [4.78, 5) is 0. The Balaban J connectivity index is 4.21. The first-order chi connectivity index (χ1) is 5.29. The van der Waals surface area contributed by atoms with Crippen LogP contribution in [0, 0.1) is 0 Å². The maximum Gasteiger partial charge on any atom is 0.0667 e. The van der Waals surface area contributed by atoms with Gasteiger partial charge in [-0.3, -0.25) is 0 Å². The lowest BCUT2D eigenvalue weighted by atomic mass is 10.1. The summed E-state index contributed by atoms with van der Waals surface area (Å²) < 4.78 is 0. The first-order valence-corrected chi connectivity index (χ1v) is 3.43. The molecule has 11 heavy (non-hydrogen) atoms. The van der Waals surface area contributed by atoms with E-state index in [1.807, 2.05) is 0 Å². The predicted octanol–water partition coefficient (Wildman–Crippen LogP) is -1.36.